The minimum atomic E-state index is -0.775. The van der Waals surface area contributed by atoms with Crippen LogP contribution in [-0.4, -0.2) is 31.6 Å². The highest BCUT2D eigenvalue weighted by Gasteiger charge is 2.33. The van der Waals surface area contributed by atoms with Crippen molar-refractivity contribution in [1.82, 2.24) is 10.6 Å². The molecule has 156 valence electrons. The van der Waals surface area contributed by atoms with Crippen molar-refractivity contribution in [2.45, 2.75) is 19.9 Å². The number of anilines is 1. The first-order chi connectivity index (χ1) is 14.4. The number of carbonyl (C=O) groups excluding carboxylic acids is 3. The van der Waals surface area contributed by atoms with Crippen LogP contribution in [0, 0.1) is 6.92 Å². The molecular formula is C22H23N3O5. The fourth-order valence-electron chi connectivity index (χ4n) is 3.14. The molecule has 0 aromatic heterocycles. The van der Waals surface area contributed by atoms with Crippen LogP contribution < -0.4 is 20.7 Å². The highest BCUT2D eigenvalue weighted by Crippen LogP contribution is 2.33. The van der Waals surface area contributed by atoms with Crippen molar-refractivity contribution in [1.29, 1.82) is 0 Å². The lowest BCUT2D eigenvalue weighted by Crippen LogP contribution is -2.45. The Morgan fingerprint density at radius 2 is 1.77 bits per heavy atom. The zero-order chi connectivity index (χ0) is 21.7. The summed E-state index contributed by atoms with van der Waals surface area (Å²) in [4.78, 5) is 36.6. The van der Waals surface area contributed by atoms with Gasteiger partial charge in [0.05, 0.1) is 18.7 Å². The summed E-state index contributed by atoms with van der Waals surface area (Å²) in [7, 11) is 1.27. The fourth-order valence-corrected chi connectivity index (χ4v) is 3.14. The van der Waals surface area contributed by atoms with Crippen LogP contribution in [0.2, 0.25) is 0 Å². The summed E-state index contributed by atoms with van der Waals surface area (Å²) in [5.41, 5.74) is 2.95. The normalized spacial score (nSPS) is 15.7. The summed E-state index contributed by atoms with van der Waals surface area (Å²) >= 11 is 0. The number of methoxy groups -OCH3 is 1. The molecule has 1 atom stereocenters. The van der Waals surface area contributed by atoms with Gasteiger partial charge in [0.25, 0.3) is 5.91 Å². The molecule has 2 aromatic rings. The predicted molar refractivity (Wildman–Crippen MR) is 111 cm³/mol. The molecule has 30 heavy (non-hydrogen) atoms. The lowest BCUT2D eigenvalue weighted by atomic mass is 9.95. The monoisotopic (exact) mass is 409 g/mol. The highest BCUT2D eigenvalue weighted by atomic mass is 16.5. The van der Waals surface area contributed by atoms with Gasteiger partial charge in [-0.05, 0) is 32.0 Å². The quantitative estimate of drug-likeness (QED) is 0.636. The van der Waals surface area contributed by atoms with Gasteiger partial charge in [-0.2, -0.15) is 0 Å². The van der Waals surface area contributed by atoms with Gasteiger partial charge < -0.3 is 25.4 Å². The number of hydrogen-bond donors (Lipinski definition) is 3. The van der Waals surface area contributed by atoms with Crippen molar-refractivity contribution in [2.75, 3.05) is 19.0 Å². The number of para-hydroxylation sites is 1. The summed E-state index contributed by atoms with van der Waals surface area (Å²) in [6.07, 6.45) is 0. The number of allylic oxidation sites excluding steroid dienone is 1. The molecular weight excluding hydrogens is 386 g/mol. The molecule has 0 aliphatic carbocycles. The van der Waals surface area contributed by atoms with Gasteiger partial charge in [-0.3, -0.25) is 4.79 Å². The van der Waals surface area contributed by atoms with Crippen molar-refractivity contribution in [2.24, 2.45) is 0 Å². The minimum absolute atomic E-state index is 0.236. The number of nitrogens with one attached hydrogen (secondary N) is 3. The predicted octanol–water partition coefficient (Wildman–Crippen LogP) is 2.81. The van der Waals surface area contributed by atoms with E-state index in [2.05, 4.69) is 16.0 Å². The summed E-state index contributed by atoms with van der Waals surface area (Å²) in [5.74, 6) is -0.530. The average Bonchev–Trinajstić information content (AvgIpc) is 2.73. The van der Waals surface area contributed by atoms with Crippen LogP contribution in [0.1, 0.15) is 24.1 Å². The Balaban J connectivity index is 1.79. The first kappa shape index (κ1) is 20.9. The largest absolute Gasteiger partial charge is 0.483 e. The van der Waals surface area contributed by atoms with E-state index in [1.165, 1.54) is 7.11 Å². The highest BCUT2D eigenvalue weighted by molar-refractivity contribution is 5.95. The van der Waals surface area contributed by atoms with Crippen LogP contribution in [0.25, 0.3) is 0 Å². The van der Waals surface area contributed by atoms with Gasteiger partial charge in [0, 0.05) is 16.9 Å². The Labute approximate surface area is 174 Å². The molecule has 0 spiro atoms. The molecule has 3 rings (SSSR count). The maximum Gasteiger partial charge on any atom is 0.337 e. The standard InChI is InChI=1S/C22H23N3O5/c1-13-8-10-15(11-9-13)24-18(26)12-30-17-7-5-4-6-16(17)20-19(21(27)29-3)14(2)23-22(28)25-20/h4-11,20H,12H2,1-3H3,(H,24,26)(H2,23,25,28)/t20-/m1/s1. The van der Waals surface area contributed by atoms with E-state index < -0.39 is 18.0 Å². The molecule has 0 saturated carbocycles. The fraction of sp³-hybridized carbons (Fsp3) is 0.227. The Morgan fingerprint density at radius 3 is 2.47 bits per heavy atom. The van der Waals surface area contributed by atoms with E-state index in [0.717, 1.165) is 5.56 Å². The Bertz CT molecular complexity index is 998. The van der Waals surface area contributed by atoms with Gasteiger partial charge >= 0.3 is 12.0 Å². The Hall–Kier alpha value is -3.81. The van der Waals surface area contributed by atoms with Crippen molar-refractivity contribution < 1.29 is 23.9 Å². The van der Waals surface area contributed by atoms with Crippen molar-refractivity contribution in [3.05, 3.63) is 70.9 Å². The van der Waals surface area contributed by atoms with Crippen molar-refractivity contribution in [3.63, 3.8) is 0 Å². The molecule has 1 heterocycles. The molecule has 2 aromatic carbocycles. The van der Waals surface area contributed by atoms with Gasteiger partial charge in [0.1, 0.15) is 5.75 Å². The molecule has 1 aliphatic heterocycles. The van der Waals surface area contributed by atoms with Gasteiger partial charge in [-0.25, -0.2) is 9.59 Å². The average molecular weight is 409 g/mol. The van der Waals surface area contributed by atoms with Crippen LogP contribution >= 0.6 is 0 Å². The number of aryl methyl sites for hydroxylation is 1. The summed E-state index contributed by atoms with van der Waals surface area (Å²) in [5, 5.41) is 8.04. The van der Waals surface area contributed by atoms with Gasteiger partial charge in [0.15, 0.2) is 6.61 Å². The molecule has 8 heteroatoms. The molecule has 3 N–H and O–H groups in total. The number of amides is 3. The van der Waals surface area contributed by atoms with Crippen LogP contribution in [0.15, 0.2) is 59.8 Å². The third-order valence-corrected chi connectivity index (χ3v) is 4.60. The third-order valence-electron chi connectivity index (χ3n) is 4.60. The maximum absolute atomic E-state index is 12.3. The number of rotatable bonds is 6. The zero-order valence-electron chi connectivity index (χ0n) is 16.9. The van der Waals surface area contributed by atoms with Crippen LogP contribution in [0.5, 0.6) is 5.75 Å². The van der Waals surface area contributed by atoms with Gasteiger partial charge in [-0.15, -0.1) is 0 Å². The number of hydrogen-bond acceptors (Lipinski definition) is 5. The van der Waals surface area contributed by atoms with Crippen molar-refractivity contribution >= 4 is 23.6 Å². The molecule has 3 amide bonds. The number of carbonyl (C=O) groups is 3. The van der Waals surface area contributed by atoms with Gasteiger partial charge in [0.2, 0.25) is 0 Å². The summed E-state index contributed by atoms with van der Waals surface area (Å²) < 4.78 is 10.6. The second-order valence-electron chi connectivity index (χ2n) is 6.80. The summed E-state index contributed by atoms with van der Waals surface area (Å²) in [6, 6.07) is 13.1. The number of benzene rings is 2. The SMILES string of the molecule is COC(=O)C1=C(C)NC(=O)N[C@@H]1c1ccccc1OCC(=O)Nc1ccc(C)cc1. The lowest BCUT2D eigenvalue weighted by Gasteiger charge is -2.28. The summed E-state index contributed by atoms with van der Waals surface area (Å²) in [6.45, 7) is 3.35. The maximum atomic E-state index is 12.3. The molecule has 0 fully saturated rings. The molecule has 0 saturated heterocycles. The van der Waals surface area contributed by atoms with Crippen LogP contribution in [0.4, 0.5) is 10.5 Å². The van der Waals surface area contributed by atoms with E-state index in [-0.39, 0.29) is 18.1 Å². The van der Waals surface area contributed by atoms with E-state index in [9.17, 15) is 14.4 Å². The van der Waals surface area contributed by atoms with E-state index in [0.29, 0.717) is 22.7 Å². The topological polar surface area (TPSA) is 106 Å². The molecule has 1 aliphatic rings. The minimum Gasteiger partial charge on any atom is -0.483 e. The number of ether oxygens (including phenoxy) is 2. The number of esters is 1. The zero-order valence-corrected chi connectivity index (χ0v) is 16.9. The van der Waals surface area contributed by atoms with E-state index in [1.54, 1.807) is 31.2 Å². The van der Waals surface area contributed by atoms with Gasteiger partial charge in [-0.1, -0.05) is 35.9 Å². The number of urea groups is 1. The lowest BCUT2D eigenvalue weighted by molar-refractivity contribution is -0.136. The third kappa shape index (κ3) is 4.78. The van der Waals surface area contributed by atoms with Crippen LogP contribution in [-0.2, 0) is 14.3 Å². The molecule has 0 unspecified atom stereocenters. The Kier molecular flexibility index (Phi) is 6.36. The van der Waals surface area contributed by atoms with E-state index in [1.807, 2.05) is 31.2 Å². The second-order valence-corrected chi connectivity index (χ2v) is 6.80. The Morgan fingerprint density at radius 1 is 1.07 bits per heavy atom. The smallest absolute Gasteiger partial charge is 0.337 e. The second kappa shape index (κ2) is 9.13. The van der Waals surface area contributed by atoms with Crippen LogP contribution in [0.3, 0.4) is 0 Å². The first-order valence-corrected chi connectivity index (χ1v) is 9.34. The van der Waals surface area contributed by atoms with E-state index in [4.69, 9.17) is 9.47 Å². The first-order valence-electron chi connectivity index (χ1n) is 9.34. The van der Waals surface area contributed by atoms with Crippen molar-refractivity contribution in [3.8, 4) is 5.75 Å². The molecule has 0 radical (unpaired) electrons. The van der Waals surface area contributed by atoms with E-state index >= 15 is 0 Å². The molecule has 8 nitrogen and oxygen atoms in total. The molecule has 0 bridgehead atoms.